The first-order valence-electron chi connectivity index (χ1n) is 6.98. The zero-order valence-corrected chi connectivity index (χ0v) is 10.9. The minimum atomic E-state index is 0.0913. The topological polar surface area (TPSA) is 12.5 Å². The molecule has 0 fully saturated rings. The van der Waals surface area contributed by atoms with Crippen LogP contribution in [-0.4, -0.2) is 11.4 Å². The third-order valence-corrected chi connectivity index (χ3v) is 4.13. The van der Waals surface area contributed by atoms with Crippen molar-refractivity contribution >= 4 is 0 Å². The molecule has 1 atom stereocenters. The van der Waals surface area contributed by atoms with Crippen molar-refractivity contribution in [3.8, 4) is 5.75 Å². The second kappa shape index (κ2) is 4.39. The average molecular weight is 251 g/mol. The SMILES string of the molecule is c1ccc2c(c1)CN1CCCc3ccccc3C1O2. The van der Waals surface area contributed by atoms with Crippen molar-refractivity contribution in [3.63, 3.8) is 0 Å². The van der Waals surface area contributed by atoms with E-state index in [0.717, 1.165) is 25.3 Å². The maximum Gasteiger partial charge on any atom is 0.179 e. The van der Waals surface area contributed by atoms with Crippen molar-refractivity contribution in [2.24, 2.45) is 0 Å². The van der Waals surface area contributed by atoms with E-state index in [1.165, 1.54) is 23.1 Å². The number of fused-ring (bicyclic) bond motifs is 4. The van der Waals surface area contributed by atoms with E-state index in [-0.39, 0.29) is 6.23 Å². The van der Waals surface area contributed by atoms with Crippen LogP contribution < -0.4 is 4.74 Å². The molecule has 4 rings (SSSR count). The Hall–Kier alpha value is -1.80. The van der Waals surface area contributed by atoms with Gasteiger partial charge in [0.2, 0.25) is 0 Å². The van der Waals surface area contributed by atoms with Gasteiger partial charge in [-0.05, 0) is 24.5 Å². The highest BCUT2D eigenvalue weighted by Crippen LogP contribution is 2.38. The van der Waals surface area contributed by atoms with Gasteiger partial charge in [0.1, 0.15) is 5.75 Å². The minimum absolute atomic E-state index is 0.0913. The lowest BCUT2D eigenvalue weighted by molar-refractivity contribution is -0.00000656. The molecule has 0 saturated heterocycles. The summed E-state index contributed by atoms with van der Waals surface area (Å²) in [5.74, 6) is 1.04. The Labute approximate surface area is 113 Å². The van der Waals surface area contributed by atoms with Gasteiger partial charge in [0.05, 0.1) is 0 Å². The first-order chi connectivity index (χ1) is 9.42. The summed E-state index contributed by atoms with van der Waals surface area (Å²) < 4.78 is 6.27. The van der Waals surface area contributed by atoms with Gasteiger partial charge in [-0.3, -0.25) is 4.90 Å². The fourth-order valence-corrected chi connectivity index (χ4v) is 3.18. The molecule has 2 nitrogen and oxygen atoms in total. The van der Waals surface area contributed by atoms with Crippen LogP contribution in [0.15, 0.2) is 48.5 Å². The summed E-state index contributed by atoms with van der Waals surface area (Å²) in [5, 5.41) is 0. The van der Waals surface area contributed by atoms with E-state index in [1.807, 2.05) is 0 Å². The van der Waals surface area contributed by atoms with Crippen molar-refractivity contribution in [1.29, 1.82) is 0 Å². The number of nitrogens with zero attached hydrogens (tertiary/aromatic N) is 1. The first kappa shape index (κ1) is 11.1. The molecular formula is C17H17NO. The van der Waals surface area contributed by atoms with Gasteiger partial charge in [-0.15, -0.1) is 0 Å². The molecule has 0 aliphatic carbocycles. The lowest BCUT2D eigenvalue weighted by atomic mass is 10.0. The molecule has 0 spiro atoms. The summed E-state index contributed by atoms with van der Waals surface area (Å²) in [6.45, 7) is 2.10. The van der Waals surface area contributed by atoms with Crippen LogP contribution in [0.5, 0.6) is 5.75 Å². The van der Waals surface area contributed by atoms with Crippen molar-refractivity contribution in [1.82, 2.24) is 4.90 Å². The lowest BCUT2D eigenvalue weighted by Crippen LogP contribution is -2.35. The highest BCUT2D eigenvalue weighted by atomic mass is 16.5. The van der Waals surface area contributed by atoms with Gasteiger partial charge < -0.3 is 4.74 Å². The Kier molecular flexibility index (Phi) is 2.56. The van der Waals surface area contributed by atoms with Crippen LogP contribution in [0.25, 0.3) is 0 Å². The second-order valence-corrected chi connectivity index (χ2v) is 5.35. The molecule has 2 heteroatoms. The van der Waals surface area contributed by atoms with Crippen LogP contribution in [-0.2, 0) is 13.0 Å². The van der Waals surface area contributed by atoms with E-state index in [1.54, 1.807) is 0 Å². The Bertz CT molecular complexity index is 608. The van der Waals surface area contributed by atoms with E-state index < -0.39 is 0 Å². The van der Waals surface area contributed by atoms with Gasteiger partial charge in [-0.25, -0.2) is 0 Å². The van der Waals surface area contributed by atoms with Gasteiger partial charge in [0.15, 0.2) is 6.23 Å². The molecule has 0 saturated carbocycles. The van der Waals surface area contributed by atoms with E-state index in [4.69, 9.17) is 4.74 Å². The maximum atomic E-state index is 6.27. The summed E-state index contributed by atoms with van der Waals surface area (Å²) in [5.41, 5.74) is 4.09. The fourth-order valence-electron chi connectivity index (χ4n) is 3.18. The molecule has 0 amide bonds. The third kappa shape index (κ3) is 1.83. The van der Waals surface area contributed by atoms with Crippen molar-refractivity contribution in [2.45, 2.75) is 25.6 Å². The highest BCUT2D eigenvalue weighted by Gasteiger charge is 2.31. The molecule has 0 bridgehead atoms. The van der Waals surface area contributed by atoms with E-state index in [9.17, 15) is 0 Å². The monoisotopic (exact) mass is 251 g/mol. The van der Waals surface area contributed by atoms with E-state index in [0.29, 0.717) is 0 Å². The zero-order valence-electron chi connectivity index (χ0n) is 10.9. The molecule has 2 aliphatic heterocycles. The first-order valence-corrected chi connectivity index (χ1v) is 6.98. The van der Waals surface area contributed by atoms with Crippen LogP contribution in [0.4, 0.5) is 0 Å². The number of hydrogen-bond donors (Lipinski definition) is 0. The number of para-hydroxylation sites is 1. The molecule has 96 valence electrons. The maximum absolute atomic E-state index is 6.27. The number of aryl methyl sites for hydroxylation is 1. The fraction of sp³-hybridized carbons (Fsp3) is 0.294. The van der Waals surface area contributed by atoms with Gasteiger partial charge in [-0.2, -0.15) is 0 Å². The number of hydrogen-bond acceptors (Lipinski definition) is 2. The van der Waals surface area contributed by atoms with Gasteiger partial charge in [0.25, 0.3) is 0 Å². The van der Waals surface area contributed by atoms with Crippen molar-refractivity contribution < 1.29 is 4.74 Å². The van der Waals surface area contributed by atoms with Crippen LogP contribution >= 0.6 is 0 Å². The highest BCUT2D eigenvalue weighted by molar-refractivity contribution is 5.38. The van der Waals surface area contributed by atoms with E-state index >= 15 is 0 Å². The Morgan fingerprint density at radius 1 is 0.947 bits per heavy atom. The van der Waals surface area contributed by atoms with E-state index in [2.05, 4.69) is 53.4 Å². The quantitative estimate of drug-likeness (QED) is 0.710. The normalized spacial score (nSPS) is 21.6. The molecule has 0 radical (unpaired) electrons. The molecule has 2 aliphatic rings. The Morgan fingerprint density at radius 3 is 2.68 bits per heavy atom. The predicted octanol–water partition coefficient (Wildman–Crippen LogP) is 3.53. The molecule has 2 heterocycles. The molecule has 19 heavy (non-hydrogen) atoms. The molecular weight excluding hydrogens is 234 g/mol. The number of ether oxygens (including phenoxy) is 1. The summed E-state index contributed by atoms with van der Waals surface area (Å²) in [7, 11) is 0. The summed E-state index contributed by atoms with van der Waals surface area (Å²) >= 11 is 0. The largest absolute Gasteiger partial charge is 0.471 e. The third-order valence-electron chi connectivity index (χ3n) is 4.13. The predicted molar refractivity (Wildman–Crippen MR) is 75.0 cm³/mol. The van der Waals surface area contributed by atoms with Gasteiger partial charge in [-0.1, -0.05) is 42.5 Å². The number of rotatable bonds is 0. The van der Waals surface area contributed by atoms with Crippen LogP contribution in [0, 0.1) is 0 Å². The van der Waals surface area contributed by atoms with Crippen molar-refractivity contribution in [3.05, 3.63) is 65.2 Å². The van der Waals surface area contributed by atoms with Crippen LogP contribution in [0.3, 0.4) is 0 Å². The zero-order chi connectivity index (χ0) is 12.7. The summed E-state index contributed by atoms with van der Waals surface area (Å²) in [6.07, 6.45) is 2.45. The molecule has 0 N–H and O–H groups in total. The molecule has 1 unspecified atom stereocenters. The standard InChI is InChI=1S/C17H17NO/c1-3-9-15-13(6-1)8-5-11-18-12-14-7-2-4-10-16(14)19-17(15)18/h1-4,6-7,9-10,17H,5,8,11-12H2. The number of benzene rings is 2. The smallest absolute Gasteiger partial charge is 0.179 e. The Balaban J connectivity index is 1.79. The Morgan fingerprint density at radius 2 is 1.74 bits per heavy atom. The molecule has 0 aromatic heterocycles. The minimum Gasteiger partial charge on any atom is -0.471 e. The van der Waals surface area contributed by atoms with Gasteiger partial charge >= 0.3 is 0 Å². The van der Waals surface area contributed by atoms with Crippen LogP contribution in [0.1, 0.15) is 29.3 Å². The average Bonchev–Trinajstić information content (AvgIpc) is 2.64. The summed E-state index contributed by atoms with van der Waals surface area (Å²) in [6, 6.07) is 17.1. The van der Waals surface area contributed by atoms with Crippen LogP contribution in [0.2, 0.25) is 0 Å². The molecule has 2 aromatic rings. The second-order valence-electron chi connectivity index (χ2n) is 5.35. The van der Waals surface area contributed by atoms with Gasteiger partial charge in [0, 0.05) is 24.2 Å². The van der Waals surface area contributed by atoms with Crippen molar-refractivity contribution in [2.75, 3.05) is 6.54 Å². The molecule has 2 aromatic carbocycles. The lowest BCUT2D eigenvalue weighted by Gasteiger charge is -2.36. The summed E-state index contributed by atoms with van der Waals surface area (Å²) in [4.78, 5) is 2.45.